The van der Waals surface area contributed by atoms with Gasteiger partial charge in [0.05, 0.1) is 23.8 Å². The summed E-state index contributed by atoms with van der Waals surface area (Å²) in [6, 6.07) is 13.3. The molecule has 0 spiro atoms. The number of fused-ring (bicyclic) bond motifs is 1. The molecule has 1 aliphatic heterocycles. The summed E-state index contributed by atoms with van der Waals surface area (Å²) in [5, 5.41) is 4.00. The fourth-order valence-corrected chi connectivity index (χ4v) is 3.30. The van der Waals surface area contributed by atoms with Gasteiger partial charge in [0.1, 0.15) is 11.4 Å². The second-order valence-corrected chi connectivity index (χ2v) is 6.72. The number of amides is 2. The monoisotopic (exact) mass is 418 g/mol. The van der Waals surface area contributed by atoms with Crippen LogP contribution in [0.2, 0.25) is 0 Å². The molecule has 31 heavy (non-hydrogen) atoms. The van der Waals surface area contributed by atoms with Crippen LogP contribution in [0.4, 0.5) is 0 Å². The van der Waals surface area contributed by atoms with Gasteiger partial charge in [-0.1, -0.05) is 23.4 Å². The molecule has 0 bridgehead atoms. The standard InChI is InChI=1S/C23H18N2O6/c1-3-10-25-21(26)16-9-8-14(11-18(16)22(25)27)23(28)30-13-15-12-19(24-31-15)17-6-4-5-7-20(17)29-2/h3-9,11-12H,1,10,13H2,2H3. The third-order valence-electron chi connectivity index (χ3n) is 4.81. The van der Waals surface area contributed by atoms with Crippen LogP contribution in [0, 0.1) is 0 Å². The van der Waals surface area contributed by atoms with Gasteiger partial charge in [-0.05, 0) is 30.3 Å². The Kier molecular flexibility index (Phi) is 5.36. The van der Waals surface area contributed by atoms with Crippen molar-refractivity contribution in [3.8, 4) is 17.0 Å². The van der Waals surface area contributed by atoms with Crippen molar-refractivity contribution in [2.75, 3.05) is 13.7 Å². The molecule has 8 heteroatoms. The number of para-hydroxylation sites is 1. The van der Waals surface area contributed by atoms with Gasteiger partial charge in [0.15, 0.2) is 12.4 Å². The summed E-state index contributed by atoms with van der Waals surface area (Å²) in [6.45, 7) is 3.50. The largest absolute Gasteiger partial charge is 0.496 e. The molecule has 2 heterocycles. The van der Waals surface area contributed by atoms with E-state index in [4.69, 9.17) is 14.0 Å². The molecule has 0 atom stereocenters. The van der Waals surface area contributed by atoms with Gasteiger partial charge in [0.2, 0.25) is 0 Å². The van der Waals surface area contributed by atoms with Crippen molar-refractivity contribution < 1.29 is 28.4 Å². The number of methoxy groups -OCH3 is 1. The predicted octanol–water partition coefficient (Wildman–Crippen LogP) is 3.49. The average Bonchev–Trinajstić information content (AvgIpc) is 3.36. The zero-order valence-corrected chi connectivity index (χ0v) is 16.7. The number of imide groups is 1. The lowest BCUT2D eigenvalue weighted by molar-refractivity contribution is 0.0437. The summed E-state index contributed by atoms with van der Waals surface area (Å²) in [6.07, 6.45) is 1.47. The van der Waals surface area contributed by atoms with Crippen molar-refractivity contribution in [2.24, 2.45) is 0 Å². The summed E-state index contributed by atoms with van der Waals surface area (Å²) in [4.78, 5) is 38.2. The Labute approximate surface area is 177 Å². The predicted molar refractivity (Wildman–Crippen MR) is 110 cm³/mol. The number of esters is 1. The fourth-order valence-electron chi connectivity index (χ4n) is 3.30. The number of benzene rings is 2. The second-order valence-electron chi connectivity index (χ2n) is 6.72. The Bertz CT molecular complexity index is 1200. The van der Waals surface area contributed by atoms with Gasteiger partial charge in [0.25, 0.3) is 11.8 Å². The molecule has 0 radical (unpaired) electrons. The Morgan fingerprint density at radius 1 is 1.10 bits per heavy atom. The van der Waals surface area contributed by atoms with E-state index in [1.807, 2.05) is 18.2 Å². The molecule has 2 aromatic carbocycles. The van der Waals surface area contributed by atoms with Crippen LogP contribution >= 0.6 is 0 Å². The molecule has 0 fully saturated rings. The minimum atomic E-state index is -0.652. The topological polar surface area (TPSA) is 98.9 Å². The van der Waals surface area contributed by atoms with Crippen LogP contribution in [0.15, 0.2) is 65.7 Å². The molecule has 1 aliphatic rings. The molecule has 156 valence electrons. The fraction of sp³-hybridized carbons (Fsp3) is 0.130. The van der Waals surface area contributed by atoms with Crippen molar-refractivity contribution >= 4 is 17.8 Å². The van der Waals surface area contributed by atoms with Crippen LogP contribution in [0.3, 0.4) is 0 Å². The first kappa shape index (κ1) is 20.1. The van der Waals surface area contributed by atoms with Gasteiger partial charge < -0.3 is 14.0 Å². The van der Waals surface area contributed by atoms with Crippen LogP contribution in [0.25, 0.3) is 11.3 Å². The number of rotatable bonds is 7. The molecule has 1 aromatic heterocycles. The number of carbonyl (C=O) groups is 3. The summed E-state index contributed by atoms with van der Waals surface area (Å²) in [5.74, 6) is -0.543. The second kappa shape index (κ2) is 8.27. The first-order valence-corrected chi connectivity index (χ1v) is 9.40. The van der Waals surface area contributed by atoms with Crippen LogP contribution < -0.4 is 4.74 Å². The SMILES string of the molecule is C=CCN1C(=O)c2ccc(C(=O)OCc3cc(-c4ccccc4OC)no3)cc2C1=O. The summed E-state index contributed by atoms with van der Waals surface area (Å²) >= 11 is 0. The van der Waals surface area contributed by atoms with E-state index in [-0.39, 0.29) is 29.8 Å². The minimum absolute atomic E-state index is 0.103. The average molecular weight is 418 g/mol. The molecule has 0 saturated heterocycles. The molecule has 2 amide bonds. The van der Waals surface area contributed by atoms with Crippen molar-refractivity contribution in [1.29, 1.82) is 0 Å². The highest BCUT2D eigenvalue weighted by molar-refractivity contribution is 6.22. The third kappa shape index (κ3) is 3.71. The van der Waals surface area contributed by atoms with Gasteiger partial charge >= 0.3 is 5.97 Å². The van der Waals surface area contributed by atoms with E-state index in [2.05, 4.69) is 11.7 Å². The highest BCUT2D eigenvalue weighted by Crippen LogP contribution is 2.29. The minimum Gasteiger partial charge on any atom is -0.496 e. The van der Waals surface area contributed by atoms with E-state index < -0.39 is 17.8 Å². The first-order valence-electron chi connectivity index (χ1n) is 9.40. The molecule has 0 saturated carbocycles. The Balaban J connectivity index is 1.46. The van der Waals surface area contributed by atoms with Crippen LogP contribution in [-0.4, -0.2) is 41.5 Å². The highest BCUT2D eigenvalue weighted by atomic mass is 16.5. The number of nitrogens with zero attached hydrogens (tertiary/aromatic N) is 2. The zero-order valence-electron chi connectivity index (χ0n) is 16.7. The normalized spacial score (nSPS) is 12.6. The smallest absolute Gasteiger partial charge is 0.338 e. The van der Waals surface area contributed by atoms with Gasteiger partial charge in [-0.15, -0.1) is 6.58 Å². The molecular formula is C23H18N2O6. The van der Waals surface area contributed by atoms with Gasteiger partial charge in [0, 0.05) is 18.2 Å². The third-order valence-corrected chi connectivity index (χ3v) is 4.81. The number of hydrogen-bond acceptors (Lipinski definition) is 7. The maximum Gasteiger partial charge on any atom is 0.338 e. The maximum atomic E-state index is 12.5. The van der Waals surface area contributed by atoms with E-state index in [0.29, 0.717) is 17.2 Å². The Hall–Kier alpha value is -4.20. The number of hydrogen-bond donors (Lipinski definition) is 0. The molecule has 0 unspecified atom stereocenters. The highest BCUT2D eigenvalue weighted by Gasteiger charge is 2.35. The van der Waals surface area contributed by atoms with Gasteiger partial charge in [-0.2, -0.15) is 0 Å². The quantitative estimate of drug-likeness (QED) is 0.329. The molecule has 4 rings (SSSR count). The van der Waals surface area contributed by atoms with Crippen LogP contribution in [0.5, 0.6) is 5.75 Å². The lowest BCUT2D eigenvalue weighted by atomic mass is 10.1. The van der Waals surface area contributed by atoms with Gasteiger partial charge in [-0.3, -0.25) is 14.5 Å². The van der Waals surface area contributed by atoms with E-state index in [1.54, 1.807) is 19.2 Å². The van der Waals surface area contributed by atoms with E-state index in [0.717, 1.165) is 10.5 Å². The molecule has 3 aromatic rings. The molecular weight excluding hydrogens is 400 g/mol. The van der Waals surface area contributed by atoms with Crippen LogP contribution in [-0.2, 0) is 11.3 Å². The van der Waals surface area contributed by atoms with Crippen molar-refractivity contribution in [2.45, 2.75) is 6.61 Å². The Morgan fingerprint density at radius 2 is 1.87 bits per heavy atom. The van der Waals surface area contributed by atoms with Gasteiger partial charge in [-0.25, -0.2) is 4.79 Å². The number of carbonyl (C=O) groups excluding carboxylic acids is 3. The summed E-state index contributed by atoms with van der Waals surface area (Å²) in [5.41, 5.74) is 1.87. The van der Waals surface area contributed by atoms with E-state index in [9.17, 15) is 14.4 Å². The lowest BCUT2D eigenvalue weighted by Crippen LogP contribution is -2.29. The number of aromatic nitrogens is 1. The lowest BCUT2D eigenvalue weighted by Gasteiger charge is -2.09. The maximum absolute atomic E-state index is 12.5. The zero-order chi connectivity index (χ0) is 22.0. The molecule has 8 nitrogen and oxygen atoms in total. The molecule has 0 aliphatic carbocycles. The first-order chi connectivity index (χ1) is 15.0. The van der Waals surface area contributed by atoms with Crippen molar-refractivity contribution in [3.05, 3.63) is 83.6 Å². The summed E-state index contributed by atoms with van der Waals surface area (Å²) in [7, 11) is 1.56. The number of ether oxygens (including phenoxy) is 2. The van der Waals surface area contributed by atoms with E-state index >= 15 is 0 Å². The Morgan fingerprint density at radius 3 is 2.65 bits per heavy atom. The van der Waals surface area contributed by atoms with Crippen molar-refractivity contribution in [3.63, 3.8) is 0 Å². The van der Waals surface area contributed by atoms with E-state index in [1.165, 1.54) is 24.3 Å². The molecule has 0 N–H and O–H groups in total. The summed E-state index contributed by atoms with van der Waals surface area (Å²) < 4.78 is 15.9. The van der Waals surface area contributed by atoms with Crippen LogP contribution in [0.1, 0.15) is 36.8 Å². The van der Waals surface area contributed by atoms with Crippen molar-refractivity contribution in [1.82, 2.24) is 10.1 Å².